The third-order valence-corrected chi connectivity index (χ3v) is 3.56. The molecule has 0 saturated carbocycles. The highest BCUT2D eigenvalue weighted by Gasteiger charge is 2.31. The van der Waals surface area contributed by atoms with E-state index in [1.165, 1.54) is 10.6 Å². The number of pyridine rings is 1. The summed E-state index contributed by atoms with van der Waals surface area (Å²) < 4.78 is 6.98. The van der Waals surface area contributed by atoms with Gasteiger partial charge in [-0.05, 0) is 26.0 Å². The van der Waals surface area contributed by atoms with E-state index in [2.05, 4.69) is 4.98 Å². The first kappa shape index (κ1) is 13.8. The van der Waals surface area contributed by atoms with E-state index >= 15 is 0 Å². The second-order valence-corrected chi connectivity index (χ2v) is 5.74. The number of hydrogen-bond acceptors (Lipinski definition) is 4. The van der Waals surface area contributed by atoms with Crippen LogP contribution in [0, 0.1) is 0 Å². The van der Waals surface area contributed by atoms with Crippen LogP contribution in [0.2, 0.25) is 0 Å². The summed E-state index contributed by atoms with van der Waals surface area (Å²) in [6, 6.07) is 5.27. The van der Waals surface area contributed by atoms with Gasteiger partial charge in [-0.2, -0.15) is 0 Å². The molecule has 110 valence electrons. The van der Waals surface area contributed by atoms with Crippen LogP contribution in [0.15, 0.2) is 35.4 Å². The first-order valence-corrected chi connectivity index (χ1v) is 6.88. The first-order valence-electron chi connectivity index (χ1n) is 6.88. The molecule has 1 aliphatic rings. The summed E-state index contributed by atoms with van der Waals surface area (Å²) in [4.78, 5) is 30.8. The van der Waals surface area contributed by atoms with Crippen molar-refractivity contribution in [3.63, 3.8) is 0 Å². The molecule has 0 aliphatic carbocycles. The van der Waals surface area contributed by atoms with Crippen LogP contribution in [-0.4, -0.2) is 45.5 Å². The average molecular weight is 287 g/mol. The zero-order valence-corrected chi connectivity index (χ0v) is 12.1. The number of carbonyl (C=O) groups excluding carboxylic acids is 1. The number of carbonyl (C=O) groups is 1. The van der Waals surface area contributed by atoms with E-state index in [0.29, 0.717) is 25.3 Å². The van der Waals surface area contributed by atoms with Crippen molar-refractivity contribution in [1.29, 1.82) is 0 Å². The molecule has 3 rings (SSSR count). The quantitative estimate of drug-likeness (QED) is 0.783. The number of fused-ring (bicyclic) bond motifs is 1. The van der Waals surface area contributed by atoms with E-state index in [-0.39, 0.29) is 17.0 Å². The molecule has 0 bridgehead atoms. The summed E-state index contributed by atoms with van der Waals surface area (Å²) >= 11 is 0. The highest BCUT2D eigenvalue weighted by molar-refractivity contribution is 5.93. The molecule has 0 spiro atoms. The van der Waals surface area contributed by atoms with Gasteiger partial charge in [0.25, 0.3) is 11.5 Å². The Kier molecular flexibility index (Phi) is 3.25. The second kappa shape index (κ2) is 4.96. The van der Waals surface area contributed by atoms with E-state index in [4.69, 9.17) is 4.74 Å². The van der Waals surface area contributed by atoms with E-state index in [9.17, 15) is 9.59 Å². The topological polar surface area (TPSA) is 63.9 Å². The summed E-state index contributed by atoms with van der Waals surface area (Å²) in [5, 5.41) is 0. The van der Waals surface area contributed by atoms with E-state index < -0.39 is 5.60 Å². The average Bonchev–Trinajstić information content (AvgIpc) is 2.46. The largest absolute Gasteiger partial charge is 0.372 e. The van der Waals surface area contributed by atoms with Crippen molar-refractivity contribution in [2.75, 3.05) is 19.7 Å². The molecular formula is C15H17N3O3. The van der Waals surface area contributed by atoms with Gasteiger partial charge in [-0.15, -0.1) is 0 Å². The Morgan fingerprint density at radius 1 is 1.38 bits per heavy atom. The molecule has 6 nitrogen and oxygen atoms in total. The normalized spacial score (nSPS) is 17.9. The highest BCUT2D eigenvalue weighted by Crippen LogP contribution is 2.17. The van der Waals surface area contributed by atoms with Crippen molar-refractivity contribution in [1.82, 2.24) is 14.3 Å². The summed E-state index contributed by atoms with van der Waals surface area (Å²) in [6.07, 6.45) is 2.98. The minimum atomic E-state index is -0.394. The van der Waals surface area contributed by atoms with Crippen LogP contribution >= 0.6 is 0 Å². The van der Waals surface area contributed by atoms with Crippen molar-refractivity contribution in [2.24, 2.45) is 0 Å². The minimum absolute atomic E-state index is 0.0939. The molecule has 2 aromatic heterocycles. The van der Waals surface area contributed by atoms with Crippen LogP contribution < -0.4 is 5.56 Å². The highest BCUT2D eigenvalue weighted by atomic mass is 16.5. The second-order valence-electron chi connectivity index (χ2n) is 5.74. The molecule has 6 heteroatoms. The lowest BCUT2D eigenvalue weighted by atomic mass is 10.1. The Morgan fingerprint density at radius 3 is 2.95 bits per heavy atom. The zero-order valence-electron chi connectivity index (χ0n) is 12.1. The number of ether oxygens (including phenoxy) is 1. The fourth-order valence-corrected chi connectivity index (χ4v) is 2.53. The third-order valence-electron chi connectivity index (χ3n) is 3.56. The van der Waals surface area contributed by atoms with E-state index in [0.717, 1.165) is 0 Å². The lowest BCUT2D eigenvalue weighted by molar-refractivity contribution is -0.0764. The molecule has 0 aromatic carbocycles. The zero-order chi connectivity index (χ0) is 15.0. The summed E-state index contributed by atoms with van der Waals surface area (Å²) in [5.74, 6) is -0.290. The maximum atomic E-state index is 12.6. The molecule has 21 heavy (non-hydrogen) atoms. The van der Waals surface area contributed by atoms with Gasteiger partial charge < -0.3 is 9.64 Å². The van der Waals surface area contributed by atoms with Crippen LogP contribution in [0.3, 0.4) is 0 Å². The molecule has 1 saturated heterocycles. The lowest BCUT2D eigenvalue weighted by Crippen LogP contribution is -2.51. The van der Waals surface area contributed by atoms with Crippen LogP contribution in [0.1, 0.15) is 24.2 Å². The van der Waals surface area contributed by atoms with Gasteiger partial charge in [-0.1, -0.05) is 6.07 Å². The minimum Gasteiger partial charge on any atom is -0.372 e. The molecular weight excluding hydrogens is 270 g/mol. The summed E-state index contributed by atoms with van der Waals surface area (Å²) in [5.41, 5.74) is -0.110. The molecule has 1 aliphatic heterocycles. The Labute approximate surface area is 122 Å². The van der Waals surface area contributed by atoms with Gasteiger partial charge in [0.05, 0.1) is 12.2 Å². The van der Waals surface area contributed by atoms with Gasteiger partial charge in [-0.25, -0.2) is 4.98 Å². The van der Waals surface area contributed by atoms with Crippen LogP contribution in [0.5, 0.6) is 0 Å². The Hall–Kier alpha value is -2.21. The maximum Gasteiger partial charge on any atom is 0.270 e. The predicted molar refractivity (Wildman–Crippen MR) is 77.4 cm³/mol. The smallest absolute Gasteiger partial charge is 0.270 e. The van der Waals surface area contributed by atoms with Crippen molar-refractivity contribution >= 4 is 11.6 Å². The van der Waals surface area contributed by atoms with Crippen molar-refractivity contribution in [2.45, 2.75) is 19.4 Å². The van der Waals surface area contributed by atoms with Crippen molar-refractivity contribution in [3.05, 3.63) is 46.5 Å². The number of hydrogen-bond donors (Lipinski definition) is 0. The molecule has 1 fully saturated rings. The SMILES string of the molecule is CC1(C)CN(C(=O)c2cnc3ccccn3c2=O)CCO1. The van der Waals surface area contributed by atoms with Crippen LogP contribution in [-0.2, 0) is 4.74 Å². The Bertz CT molecular complexity index is 751. The molecule has 3 heterocycles. The Morgan fingerprint density at radius 2 is 2.19 bits per heavy atom. The van der Waals surface area contributed by atoms with Crippen molar-refractivity contribution < 1.29 is 9.53 Å². The third kappa shape index (κ3) is 2.54. The summed E-state index contributed by atoms with van der Waals surface area (Å²) in [6.45, 7) is 5.28. The van der Waals surface area contributed by atoms with Gasteiger partial charge in [0.15, 0.2) is 0 Å². The standard InChI is InChI=1S/C15H17N3O3/c1-15(2)10-17(7-8-21-15)13(19)11-9-16-12-5-3-4-6-18(12)14(11)20/h3-6,9H,7-8,10H2,1-2H3. The van der Waals surface area contributed by atoms with Crippen LogP contribution in [0.4, 0.5) is 0 Å². The molecule has 2 aromatic rings. The van der Waals surface area contributed by atoms with Gasteiger partial charge >= 0.3 is 0 Å². The number of nitrogens with zero attached hydrogens (tertiary/aromatic N) is 3. The number of rotatable bonds is 1. The van der Waals surface area contributed by atoms with Gasteiger partial charge in [-0.3, -0.25) is 14.0 Å². The first-order chi connectivity index (χ1) is 9.98. The fourth-order valence-electron chi connectivity index (χ4n) is 2.53. The number of aromatic nitrogens is 2. The molecule has 0 N–H and O–H groups in total. The monoisotopic (exact) mass is 287 g/mol. The number of morpholine rings is 1. The van der Waals surface area contributed by atoms with Gasteiger partial charge in [0, 0.05) is 25.5 Å². The van der Waals surface area contributed by atoms with Gasteiger partial charge in [0.2, 0.25) is 0 Å². The molecule has 0 atom stereocenters. The molecule has 0 radical (unpaired) electrons. The number of amides is 1. The van der Waals surface area contributed by atoms with Crippen LogP contribution in [0.25, 0.3) is 5.65 Å². The van der Waals surface area contributed by atoms with E-state index in [1.807, 2.05) is 13.8 Å². The molecule has 1 amide bonds. The molecule has 0 unspecified atom stereocenters. The fraction of sp³-hybridized carbons (Fsp3) is 0.400. The predicted octanol–water partition coefficient (Wildman–Crippen LogP) is 0.946. The summed E-state index contributed by atoms with van der Waals surface area (Å²) in [7, 11) is 0. The lowest BCUT2D eigenvalue weighted by Gasteiger charge is -2.38. The maximum absolute atomic E-state index is 12.6. The van der Waals surface area contributed by atoms with Gasteiger partial charge in [0.1, 0.15) is 11.2 Å². The Balaban J connectivity index is 1.98. The van der Waals surface area contributed by atoms with E-state index in [1.54, 1.807) is 29.3 Å². The van der Waals surface area contributed by atoms with Crippen molar-refractivity contribution in [3.8, 4) is 0 Å².